The molecule has 3 rings (SSSR count). The quantitative estimate of drug-likeness (QED) is 0.913. The molecule has 1 N–H and O–H groups in total. The van der Waals surface area contributed by atoms with E-state index in [9.17, 15) is 4.79 Å². The highest BCUT2D eigenvalue weighted by atomic mass is 32.2. The first-order chi connectivity index (χ1) is 11.2. The number of aryl methyl sites for hydroxylation is 1. The summed E-state index contributed by atoms with van der Waals surface area (Å²) in [4.78, 5) is 14.2. The predicted octanol–water partition coefficient (Wildman–Crippen LogP) is 3.32. The largest absolute Gasteiger partial charge is 0.465 e. The van der Waals surface area contributed by atoms with E-state index in [1.54, 1.807) is 0 Å². The third kappa shape index (κ3) is 4.55. The number of carbonyl (C=O) groups is 1. The van der Waals surface area contributed by atoms with Crippen LogP contribution < -0.4 is 5.32 Å². The van der Waals surface area contributed by atoms with Gasteiger partial charge < -0.3 is 14.6 Å². The zero-order chi connectivity index (χ0) is 16.1. The summed E-state index contributed by atoms with van der Waals surface area (Å²) in [7, 11) is 0. The van der Waals surface area contributed by atoms with Crippen LogP contribution >= 0.6 is 11.8 Å². The van der Waals surface area contributed by atoms with Gasteiger partial charge in [0.1, 0.15) is 11.5 Å². The molecule has 4 nitrogen and oxygen atoms in total. The minimum atomic E-state index is 0.233. The highest BCUT2D eigenvalue weighted by Gasteiger charge is 2.16. The van der Waals surface area contributed by atoms with Gasteiger partial charge in [-0.3, -0.25) is 4.79 Å². The van der Waals surface area contributed by atoms with Crippen LogP contribution in [-0.2, 0) is 17.8 Å². The van der Waals surface area contributed by atoms with Crippen LogP contribution in [-0.4, -0.2) is 35.4 Å². The van der Waals surface area contributed by atoms with Crippen molar-refractivity contribution < 1.29 is 9.21 Å². The number of nitrogens with zero attached hydrogens (tertiary/aromatic N) is 1. The average molecular weight is 330 g/mol. The first-order valence-electron chi connectivity index (χ1n) is 7.94. The summed E-state index contributed by atoms with van der Waals surface area (Å²) in [6, 6.07) is 12.0. The molecule has 122 valence electrons. The summed E-state index contributed by atoms with van der Waals surface area (Å²) in [6.45, 7) is 4.37. The molecule has 1 aliphatic heterocycles. The molecule has 0 bridgehead atoms. The van der Waals surface area contributed by atoms with Crippen LogP contribution in [0.1, 0.15) is 17.1 Å². The molecule has 0 unspecified atom stereocenters. The average Bonchev–Trinajstić information content (AvgIpc) is 3.00. The van der Waals surface area contributed by atoms with Crippen LogP contribution in [0.2, 0.25) is 0 Å². The summed E-state index contributed by atoms with van der Waals surface area (Å²) in [6.07, 6.45) is 0.488. The highest BCUT2D eigenvalue weighted by molar-refractivity contribution is 7.99. The van der Waals surface area contributed by atoms with E-state index < -0.39 is 0 Å². The summed E-state index contributed by atoms with van der Waals surface area (Å²) >= 11 is 1.92. The first-order valence-corrected chi connectivity index (χ1v) is 9.10. The van der Waals surface area contributed by atoms with Gasteiger partial charge in [0.15, 0.2) is 0 Å². The Labute approximate surface area is 141 Å². The Balaban J connectivity index is 1.51. The number of nitrogens with one attached hydrogen (secondary N) is 1. The van der Waals surface area contributed by atoms with Crippen molar-refractivity contribution in [1.29, 1.82) is 0 Å². The Morgan fingerprint density at radius 1 is 1.17 bits per heavy atom. The molecule has 1 fully saturated rings. The molecule has 0 spiro atoms. The Bertz CT molecular complexity index is 645. The number of hydrogen-bond donors (Lipinski definition) is 1. The monoisotopic (exact) mass is 330 g/mol. The Morgan fingerprint density at radius 3 is 2.57 bits per heavy atom. The predicted molar refractivity (Wildman–Crippen MR) is 94.8 cm³/mol. The third-order valence-electron chi connectivity index (χ3n) is 3.94. The van der Waals surface area contributed by atoms with Gasteiger partial charge in [-0.25, -0.2) is 0 Å². The van der Waals surface area contributed by atoms with E-state index in [4.69, 9.17) is 4.42 Å². The number of rotatable bonds is 5. The number of furan rings is 1. The fourth-order valence-electron chi connectivity index (χ4n) is 2.61. The maximum atomic E-state index is 12.3. The molecule has 2 aromatic rings. The summed E-state index contributed by atoms with van der Waals surface area (Å²) in [5.41, 5.74) is 2.09. The van der Waals surface area contributed by atoms with Gasteiger partial charge >= 0.3 is 0 Å². The topological polar surface area (TPSA) is 45.5 Å². The van der Waals surface area contributed by atoms with Crippen LogP contribution in [0.3, 0.4) is 0 Å². The lowest BCUT2D eigenvalue weighted by Crippen LogP contribution is -2.38. The molecule has 0 atom stereocenters. The molecule has 1 aliphatic rings. The molecule has 1 aromatic heterocycles. The minimum absolute atomic E-state index is 0.233. The van der Waals surface area contributed by atoms with Crippen molar-refractivity contribution in [2.24, 2.45) is 0 Å². The number of carbonyl (C=O) groups excluding carboxylic acids is 1. The van der Waals surface area contributed by atoms with Crippen molar-refractivity contribution in [1.82, 2.24) is 4.90 Å². The van der Waals surface area contributed by atoms with E-state index in [0.29, 0.717) is 13.0 Å². The van der Waals surface area contributed by atoms with E-state index in [2.05, 4.69) is 5.32 Å². The van der Waals surface area contributed by atoms with E-state index in [0.717, 1.165) is 47.4 Å². The van der Waals surface area contributed by atoms with Gasteiger partial charge in [-0.05, 0) is 36.8 Å². The van der Waals surface area contributed by atoms with E-state index >= 15 is 0 Å². The van der Waals surface area contributed by atoms with Crippen molar-refractivity contribution in [2.75, 3.05) is 29.9 Å². The Kier molecular flexibility index (Phi) is 5.28. The molecule has 1 saturated heterocycles. The molecular weight excluding hydrogens is 308 g/mol. The van der Waals surface area contributed by atoms with Crippen LogP contribution in [0.5, 0.6) is 0 Å². The van der Waals surface area contributed by atoms with Gasteiger partial charge in [0.05, 0.1) is 13.0 Å². The molecule has 5 heteroatoms. The fourth-order valence-corrected chi connectivity index (χ4v) is 3.51. The molecule has 0 radical (unpaired) electrons. The van der Waals surface area contributed by atoms with Gasteiger partial charge in [-0.1, -0.05) is 12.1 Å². The minimum Gasteiger partial charge on any atom is -0.465 e. The molecular formula is C18H22N2O2S. The lowest BCUT2D eigenvalue weighted by atomic mass is 10.1. The van der Waals surface area contributed by atoms with Crippen LogP contribution in [0.4, 0.5) is 5.69 Å². The maximum absolute atomic E-state index is 12.3. The van der Waals surface area contributed by atoms with Gasteiger partial charge in [-0.2, -0.15) is 11.8 Å². The van der Waals surface area contributed by atoms with Crippen LogP contribution in [0.15, 0.2) is 40.8 Å². The zero-order valence-electron chi connectivity index (χ0n) is 13.4. The molecule has 0 saturated carbocycles. The van der Waals surface area contributed by atoms with Crippen molar-refractivity contribution >= 4 is 23.4 Å². The molecule has 2 heterocycles. The lowest BCUT2D eigenvalue weighted by molar-refractivity contribution is -0.130. The molecule has 0 aliphatic carbocycles. The lowest BCUT2D eigenvalue weighted by Gasteiger charge is -2.26. The maximum Gasteiger partial charge on any atom is 0.227 e. The highest BCUT2D eigenvalue weighted by Crippen LogP contribution is 2.15. The van der Waals surface area contributed by atoms with E-state index in [-0.39, 0.29) is 5.91 Å². The normalized spacial score (nSPS) is 14.7. The van der Waals surface area contributed by atoms with E-state index in [1.807, 2.05) is 60.0 Å². The molecule has 1 aromatic carbocycles. The van der Waals surface area contributed by atoms with Crippen molar-refractivity contribution in [3.63, 3.8) is 0 Å². The second-order valence-corrected chi connectivity index (χ2v) is 6.96. The number of benzene rings is 1. The smallest absolute Gasteiger partial charge is 0.227 e. The molecule has 1 amide bonds. The first kappa shape index (κ1) is 16.0. The standard InChI is InChI=1S/C18H22N2O2S/c1-14-2-7-17(22-14)13-19-16-5-3-15(4-6-16)12-18(21)20-8-10-23-11-9-20/h2-7,19H,8-13H2,1H3. The van der Waals surface area contributed by atoms with E-state index in [1.165, 1.54) is 0 Å². The Hall–Kier alpha value is -1.88. The van der Waals surface area contributed by atoms with Crippen molar-refractivity contribution in [3.8, 4) is 0 Å². The van der Waals surface area contributed by atoms with Crippen molar-refractivity contribution in [2.45, 2.75) is 19.9 Å². The van der Waals surface area contributed by atoms with Crippen molar-refractivity contribution in [3.05, 3.63) is 53.5 Å². The summed E-state index contributed by atoms with van der Waals surface area (Å²) in [5, 5.41) is 3.33. The fraction of sp³-hybridized carbons (Fsp3) is 0.389. The number of thioether (sulfide) groups is 1. The SMILES string of the molecule is Cc1ccc(CNc2ccc(CC(=O)N3CCSCC3)cc2)o1. The Morgan fingerprint density at radius 2 is 1.91 bits per heavy atom. The summed E-state index contributed by atoms with van der Waals surface area (Å²) in [5.74, 6) is 4.19. The second kappa shape index (κ2) is 7.59. The van der Waals surface area contributed by atoms with Crippen LogP contribution in [0.25, 0.3) is 0 Å². The van der Waals surface area contributed by atoms with Gasteiger partial charge in [0.2, 0.25) is 5.91 Å². The van der Waals surface area contributed by atoms with Gasteiger partial charge in [-0.15, -0.1) is 0 Å². The number of anilines is 1. The van der Waals surface area contributed by atoms with Crippen LogP contribution in [0, 0.1) is 6.92 Å². The van der Waals surface area contributed by atoms with Gasteiger partial charge in [0.25, 0.3) is 0 Å². The third-order valence-corrected chi connectivity index (χ3v) is 4.88. The zero-order valence-corrected chi connectivity index (χ0v) is 14.2. The second-order valence-electron chi connectivity index (χ2n) is 5.73. The summed E-state index contributed by atoms with van der Waals surface area (Å²) < 4.78 is 5.53. The number of hydrogen-bond acceptors (Lipinski definition) is 4. The number of amides is 1. The molecule has 23 heavy (non-hydrogen) atoms. The van der Waals surface area contributed by atoms with Gasteiger partial charge in [0, 0.05) is 30.3 Å².